The van der Waals surface area contributed by atoms with Gasteiger partial charge in [-0.2, -0.15) is 4.31 Å². The van der Waals surface area contributed by atoms with E-state index in [2.05, 4.69) is 5.16 Å². The van der Waals surface area contributed by atoms with Gasteiger partial charge in [0.2, 0.25) is 15.8 Å². The molecule has 130 valence electrons. The molecule has 24 heavy (non-hydrogen) atoms. The van der Waals surface area contributed by atoms with Gasteiger partial charge in [-0.3, -0.25) is 9.69 Å². The molecule has 8 nitrogen and oxygen atoms in total. The van der Waals surface area contributed by atoms with Crippen LogP contribution in [0.1, 0.15) is 22.0 Å². The molecule has 1 aliphatic rings. The first-order chi connectivity index (χ1) is 11.4. The second-order valence-corrected chi connectivity index (χ2v) is 7.61. The predicted octanol–water partition coefficient (Wildman–Crippen LogP) is 1.07. The van der Waals surface area contributed by atoms with Crippen LogP contribution in [0.3, 0.4) is 0 Å². The van der Waals surface area contributed by atoms with Gasteiger partial charge in [-0.05, 0) is 26.0 Å². The monoisotopic (exact) mass is 353 g/mol. The summed E-state index contributed by atoms with van der Waals surface area (Å²) in [6, 6.07) is 3.29. The highest BCUT2D eigenvalue weighted by atomic mass is 32.2. The van der Waals surface area contributed by atoms with Crippen molar-refractivity contribution in [3.05, 3.63) is 35.6 Å². The summed E-state index contributed by atoms with van der Waals surface area (Å²) in [5.74, 6) is 0.505. The lowest BCUT2D eigenvalue weighted by atomic mass is 10.2. The SMILES string of the molecule is Cc1noc(C)c1S(=O)(=O)N1CCN(CC(=O)c2ccco2)CC1. The zero-order valence-corrected chi connectivity index (χ0v) is 14.4. The van der Waals surface area contributed by atoms with Gasteiger partial charge in [0, 0.05) is 26.2 Å². The van der Waals surface area contributed by atoms with Gasteiger partial charge in [0.15, 0.2) is 11.5 Å². The van der Waals surface area contributed by atoms with Gasteiger partial charge >= 0.3 is 0 Å². The molecule has 0 radical (unpaired) electrons. The number of hydrogen-bond donors (Lipinski definition) is 0. The fraction of sp³-hybridized carbons (Fsp3) is 0.467. The minimum atomic E-state index is -3.63. The molecule has 1 saturated heterocycles. The molecule has 0 aromatic carbocycles. The number of hydrogen-bond acceptors (Lipinski definition) is 7. The lowest BCUT2D eigenvalue weighted by molar-refractivity contribution is 0.0874. The van der Waals surface area contributed by atoms with Crippen molar-refractivity contribution in [1.29, 1.82) is 0 Å². The molecular weight excluding hydrogens is 334 g/mol. The smallest absolute Gasteiger partial charge is 0.248 e. The van der Waals surface area contributed by atoms with E-state index in [0.29, 0.717) is 43.4 Å². The third-order valence-electron chi connectivity index (χ3n) is 4.06. The van der Waals surface area contributed by atoms with Crippen molar-refractivity contribution in [2.24, 2.45) is 0 Å². The Hall–Kier alpha value is -1.97. The molecule has 1 aliphatic heterocycles. The largest absolute Gasteiger partial charge is 0.461 e. The zero-order chi connectivity index (χ0) is 17.3. The lowest BCUT2D eigenvalue weighted by Gasteiger charge is -2.33. The van der Waals surface area contributed by atoms with Crippen molar-refractivity contribution in [1.82, 2.24) is 14.4 Å². The second kappa shape index (κ2) is 6.50. The van der Waals surface area contributed by atoms with Crippen LogP contribution >= 0.6 is 0 Å². The Morgan fingerprint density at radius 2 is 1.96 bits per heavy atom. The summed E-state index contributed by atoms with van der Waals surface area (Å²) in [4.78, 5) is 14.1. The van der Waals surface area contributed by atoms with Gasteiger partial charge in [-0.25, -0.2) is 8.42 Å². The fourth-order valence-corrected chi connectivity index (χ4v) is 4.53. The Kier molecular flexibility index (Phi) is 4.57. The molecule has 3 rings (SSSR count). The average Bonchev–Trinajstić information content (AvgIpc) is 3.18. The number of Topliss-reactive ketones (excluding diaryl/α,β-unsaturated/α-hetero) is 1. The van der Waals surface area contributed by atoms with Gasteiger partial charge in [-0.1, -0.05) is 5.16 Å². The molecule has 2 aromatic heterocycles. The topological polar surface area (TPSA) is 96.9 Å². The zero-order valence-electron chi connectivity index (χ0n) is 13.6. The standard InChI is InChI=1S/C15H19N3O5S/c1-11-15(12(2)23-16-11)24(20,21)18-7-5-17(6-8-18)10-13(19)14-4-3-9-22-14/h3-4,9H,5-8,10H2,1-2H3. The van der Waals surface area contributed by atoms with Crippen LogP contribution in [0.15, 0.2) is 32.2 Å². The Bertz CT molecular complexity index is 798. The van der Waals surface area contributed by atoms with E-state index in [1.807, 2.05) is 4.90 Å². The van der Waals surface area contributed by atoms with Crippen molar-refractivity contribution in [2.75, 3.05) is 32.7 Å². The summed E-state index contributed by atoms with van der Waals surface area (Å²) in [6.07, 6.45) is 1.46. The molecule has 0 unspecified atom stereocenters. The highest BCUT2D eigenvalue weighted by Crippen LogP contribution is 2.24. The van der Waals surface area contributed by atoms with Crippen LogP contribution in [0.25, 0.3) is 0 Å². The Labute approximate surface area is 140 Å². The van der Waals surface area contributed by atoms with Gasteiger partial charge in [-0.15, -0.1) is 0 Å². The molecule has 0 saturated carbocycles. The van der Waals surface area contributed by atoms with Crippen LogP contribution in [0.4, 0.5) is 0 Å². The van der Waals surface area contributed by atoms with E-state index in [-0.39, 0.29) is 17.2 Å². The first-order valence-corrected chi connectivity index (χ1v) is 9.05. The van der Waals surface area contributed by atoms with Crippen molar-refractivity contribution in [2.45, 2.75) is 18.7 Å². The number of sulfonamides is 1. The highest BCUT2D eigenvalue weighted by Gasteiger charge is 2.33. The summed E-state index contributed by atoms with van der Waals surface area (Å²) >= 11 is 0. The third-order valence-corrected chi connectivity index (χ3v) is 6.20. The molecule has 0 atom stereocenters. The number of aryl methyl sites for hydroxylation is 2. The number of rotatable bonds is 5. The van der Waals surface area contributed by atoms with Crippen LogP contribution in [0, 0.1) is 13.8 Å². The van der Waals surface area contributed by atoms with Gasteiger partial charge in [0.25, 0.3) is 0 Å². The number of aromatic nitrogens is 1. The van der Waals surface area contributed by atoms with Gasteiger partial charge in [0.1, 0.15) is 10.6 Å². The molecule has 2 aromatic rings. The number of ketones is 1. The molecule has 0 spiro atoms. The van der Waals surface area contributed by atoms with Crippen molar-refractivity contribution in [3.63, 3.8) is 0 Å². The van der Waals surface area contributed by atoms with E-state index in [1.54, 1.807) is 26.0 Å². The highest BCUT2D eigenvalue weighted by molar-refractivity contribution is 7.89. The quantitative estimate of drug-likeness (QED) is 0.742. The van der Waals surface area contributed by atoms with Crippen LogP contribution in [-0.4, -0.2) is 61.3 Å². The minimum Gasteiger partial charge on any atom is -0.461 e. The minimum absolute atomic E-state index is 0.109. The Balaban J connectivity index is 1.64. The first-order valence-electron chi connectivity index (χ1n) is 7.61. The number of piperazine rings is 1. The van der Waals surface area contributed by atoms with Crippen molar-refractivity contribution in [3.8, 4) is 0 Å². The van der Waals surface area contributed by atoms with E-state index in [1.165, 1.54) is 10.6 Å². The van der Waals surface area contributed by atoms with E-state index < -0.39 is 10.0 Å². The summed E-state index contributed by atoms with van der Waals surface area (Å²) in [6.45, 7) is 5.01. The molecule has 0 amide bonds. The van der Waals surface area contributed by atoms with Crippen LogP contribution in [0.5, 0.6) is 0 Å². The van der Waals surface area contributed by atoms with Crippen molar-refractivity contribution < 1.29 is 22.2 Å². The lowest BCUT2D eigenvalue weighted by Crippen LogP contribution is -2.49. The van der Waals surface area contributed by atoms with Crippen LogP contribution < -0.4 is 0 Å². The first kappa shape index (κ1) is 16.9. The predicted molar refractivity (Wildman–Crippen MR) is 84.2 cm³/mol. The number of furan rings is 1. The summed E-state index contributed by atoms with van der Waals surface area (Å²) < 4.78 is 36.9. The fourth-order valence-electron chi connectivity index (χ4n) is 2.82. The molecule has 0 bridgehead atoms. The van der Waals surface area contributed by atoms with Crippen LogP contribution in [-0.2, 0) is 10.0 Å². The van der Waals surface area contributed by atoms with Gasteiger partial charge < -0.3 is 8.94 Å². The molecule has 3 heterocycles. The van der Waals surface area contributed by atoms with E-state index in [9.17, 15) is 13.2 Å². The normalized spacial score (nSPS) is 17.2. The number of carbonyl (C=O) groups is 1. The van der Waals surface area contributed by atoms with E-state index >= 15 is 0 Å². The Morgan fingerprint density at radius 3 is 2.50 bits per heavy atom. The summed E-state index contributed by atoms with van der Waals surface area (Å²) in [5, 5.41) is 3.71. The maximum Gasteiger partial charge on any atom is 0.248 e. The molecule has 0 N–H and O–H groups in total. The second-order valence-electron chi connectivity index (χ2n) is 5.73. The number of nitrogens with zero attached hydrogens (tertiary/aromatic N) is 3. The molecule has 9 heteroatoms. The van der Waals surface area contributed by atoms with Crippen LogP contribution in [0.2, 0.25) is 0 Å². The van der Waals surface area contributed by atoms with Gasteiger partial charge in [0.05, 0.1) is 12.8 Å². The van der Waals surface area contributed by atoms with E-state index in [4.69, 9.17) is 8.94 Å². The Morgan fingerprint density at radius 1 is 1.25 bits per heavy atom. The van der Waals surface area contributed by atoms with Crippen molar-refractivity contribution >= 4 is 15.8 Å². The molecule has 1 fully saturated rings. The molecular formula is C15H19N3O5S. The maximum absolute atomic E-state index is 12.7. The van der Waals surface area contributed by atoms with E-state index in [0.717, 1.165) is 0 Å². The number of carbonyl (C=O) groups excluding carboxylic acids is 1. The maximum atomic E-state index is 12.7. The third kappa shape index (κ3) is 3.14. The summed E-state index contributed by atoms with van der Waals surface area (Å²) in [7, 11) is -3.63. The average molecular weight is 353 g/mol. The summed E-state index contributed by atoms with van der Waals surface area (Å²) in [5.41, 5.74) is 0.364. The molecule has 0 aliphatic carbocycles.